The quantitative estimate of drug-likeness (QED) is 0.765. The minimum Gasteiger partial charge on any atom is -0.381 e. The van der Waals surface area contributed by atoms with E-state index < -0.39 is 9.84 Å². The smallest absolute Gasteiger partial charge is 0.150 e. The van der Waals surface area contributed by atoms with Crippen LogP contribution in [0.2, 0.25) is 0 Å². The van der Waals surface area contributed by atoms with Gasteiger partial charge in [-0.3, -0.25) is 4.79 Å². The predicted octanol–water partition coefficient (Wildman–Crippen LogP) is 1.20. The Morgan fingerprint density at radius 2 is 1.94 bits per heavy atom. The molecular weight excluding hydrogens is 240 g/mol. The van der Waals surface area contributed by atoms with E-state index in [0.29, 0.717) is 26.1 Å². The average Bonchev–Trinajstić information content (AvgIpc) is 2.80. The van der Waals surface area contributed by atoms with Crippen LogP contribution in [0.15, 0.2) is 0 Å². The van der Waals surface area contributed by atoms with Crippen molar-refractivity contribution < 1.29 is 17.9 Å². The number of carbonyl (C=O) groups is 1. The summed E-state index contributed by atoms with van der Waals surface area (Å²) >= 11 is 0. The van der Waals surface area contributed by atoms with Crippen LogP contribution >= 0.6 is 0 Å². The molecule has 1 heterocycles. The van der Waals surface area contributed by atoms with Crippen molar-refractivity contribution in [2.24, 2.45) is 11.8 Å². The van der Waals surface area contributed by atoms with Crippen molar-refractivity contribution in [3.05, 3.63) is 0 Å². The minimum atomic E-state index is -3.00. The van der Waals surface area contributed by atoms with Crippen molar-refractivity contribution >= 4 is 15.6 Å². The van der Waals surface area contributed by atoms with Gasteiger partial charge in [0.25, 0.3) is 0 Å². The third-order valence-electron chi connectivity index (χ3n) is 3.97. The molecule has 0 aromatic heterocycles. The normalized spacial score (nSPS) is 34.8. The van der Waals surface area contributed by atoms with Gasteiger partial charge in [0.05, 0.1) is 11.9 Å². The van der Waals surface area contributed by atoms with Crippen molar-refractivity contribution in [1.29, 1.82) is 0 Å². The zero-order valence-corrected chi connectivity index (χ0v) is 11.0. The standard InChI is InChI=1S/C12H20O4S/c1-17(14,15)11-4-2-3-9(7-11)12(13)10-5-6-16-8-10/h9-11H,2-8H2,1H3. The van der Waals surface area contributed by atoms with Gasteiger partial charge in [0.2, 0.25) is 0 Å². The first kappa shape index (κ1) is 13.0. The molecular formula is C12H20O4S. The summed E-state index contributed by atoms with van der Waals surface area (Å²) in [5.74, 6) is 0.185. The molecule has 0 amide bonds. The fraction of sp³-hybridized carbons (Fsp3) is 0.917. The maximum atomic E-state index is 12.2. The largest absolute Gasteiger partial charge is 0.381 e. The molecule has 98 valence electrons. The lowest BCUT2D eigenvalue weighted by molar-refractivity contribution is -0.127. The average molecular weight is 260 g/mol. The van der Waals surface area contributed by atoms with Crippen LogP contribution in [-0.4, -0.2) is 38.9 Å². The zero-order chi connectivity index (χ0) is 12.5. The van der Waals surface area contributed by atoms with Gasteiger partial charge in [-0.05, 0) is 25.7 Å². The first-order chi connectivity index (χ1) is 7.98. The van der Waals surface area contributed by atoms with Gasteiger partial charge in [0, 0.05) is 24.7 Å². The Balaban J connectivity index is 1.99. The topological polar surface area (TPSA) is 60.4 Å². The van der Waals surface area contributed by atoms with Gasteiger partial charge in [-0.25, -0.2) is 8.42 Å². The number of hydrogen-bond acceptors (Lipinski definition) is 4. The first-order valence-electron chi connectivity index (χ1n) is 6.29. The van der Waals surface area contributed by atoms with Gasteiger partial charge in [-0.15, -0.1) is 0 Å². The van der Waals surface area contributed by atoms with E-state index >= 15 is 0 Å². The summed E-state index contributed by atoms with van der Waals surface area (Å²) in [6.45, 7) is 1.19. The Kier molecular flexibility index (Phi) is 3.88. The van der Waals surface area contributed by atoms with Crippen LogP contribution < -0.4 is 0 Å². The lowest BCUT2D eigenvalue weighted by Crippen LogP contribution is -2.34. The molecule has 0 radical (unpaired) electrons. The summed E-state index contributed by atoms with van der Waals surface area (Å²) in [5, 5.41) is -0.312. The minimum absolute atomic E-state index is 0.0123. The molecule has 2 fully saturated rings. The first-order valence-corrected chi connectivity index (χ1v) is 8.24. The molecule has 2 rings (SSSR count). The summed E-state index contributed by atoms with van der Waals surface area (Å²) in [5.41, 5.74) is 0. The van der Waals surface area contributed by atoms with Crippen LogP contribution in [-0.2, 0) is 19.4 Å². The number of Topliss-reactive ketones (excluding diaryl/α,β-unsaturated/α-hetero) is 1. The molecule has 17 heavy (non-hydrogen) atoms. The van der Waals surface area contributed by atoms with E-state index in [1.807, 2.05) is 0 Å². The van der Waals surface area contributed by atoms with E-state index in [4.69, 9.17) is 4.74 Å². The Morgan fingerprint density at radius 3 is 2.53 bits per heavy atom. The predicted molar refractivity (Wildman–Crippen MR) is 64.5 cm³/mol. The van der Waals surface area contributed by atoms with Crippen molar-refractivity contribution in [2.45, 2.75) is 37.4 Å². The molecule has 3 atom stereocenters. The highest BCUT2D eigenvalue weighted by molar-refractivity contribution is 7.91. The lowest BCUT2D eigenvalue weighted by atomic mass is 9.81. The van der Waals surface area contributed by atoms with E-state index in [1.54, 1.807) is 0 Å². The van der Waals surface area contributed by atoms with Gasteiger partial charge < -0.3 is 4.74 Å². The zero-order valence-electron chi connectivity index (χ0n) is 10.2. The van der Waals surface area contributed by atoms with Crippen LogP contribution in [0.25, 0.3) is 0 Å². The summed E-state index contributed by atoms with van der Waals surface area (Å²) in [6.07, 6.45) is 5.02. The molecule has 0 bridgehead atoms. The van der Waals surface area contributed by atoms with Crippen LogP contribution in [0.3, 0.4) is 0 Å². The SMILES string of the molecule is CS(=O)(=O)C1CCCC(C(=O)C2CCOC2)C1. The van der Waals surface area contributed by atoms with Crippen molar-refractivity contribution in [2.75, 3.05) is 19.5 Å². The van der Waals surface area contributed by atoms with E-state index in [-0.39, 0.29) is 22.9 Å². The van der Waals surface area contributed by atoms with Gasteiger partial charge in [-0.1, -0.05) is 6.42 Å². The summed E-state index contributed by atoms with van der Waals surface area (Å²) < 4.78 is 28.3. The maximum Gasteiger partial charge on any atom is 0.150 e. The van der Waals surface area contributed by atoms with E-state index in [9.17, 15) is 13.2 Å². The molecule has 1 aliphatic heterocycles. The van der Waals surface area contributed by atoms with Gasteiger partial charge in [0.1, 0.15) is 15.6 Å². The van der Waals surface area contributed by atoms with Crippen molar-refractivity contribution in [1.82, 2.24) is 0 Å². The van der Waals surface area contributed by atoms with Crippen LogP contribution in [0.1, 0.15) is 32.1 Å². The molecule has 0 aromatic rings. The number of sulfone groups is 1. The second kappa shape index (κ2) is 5.06. The highest BCUT2D eigenvalue weighted by Gasteiger charge is 2.36. The molecule has 2 aliphatic rings. The molecule has 0 aromatic carbocycles. The highest BCUT2D eigenvalue weighted by Crippen LogP contribution is 2.32. The van der Waals surface area contributed by atoms with E-state index in [2.05, 4.69) is 0 Å². The second-order valence-corrected chi connectivity index (χ2v) is 7.60. The second-order valence-electron chi connectivity index (χ2n) is 5.28. The summed E-state index contributed by atoms with van der Waals surface area (Å²) in [6, 6.07) is 0. The van der Waals surface area contributed by atoms with Gasteiger partial charge >= 0.3 is 0 Å². The molecule has 3 unspecified atom stereocenters. The summed E-state index contributed by atoms with van der Waals surface area (Å²) in [4.78, 5) is 12.2. The number of hydrogen-bond donors (Lipinski definition) is 0. The van der Waals surface area contributed by atoms with Crippen molar-refractivity contribution in [3.8, 4) is 0 Å². The molecule has 0 N–H and O–H groups in total. The van der Waals surface area contributed by atoms with Crippen LogP contribution in [0.4, 0.5) is 0 Å². The fourth-order valence-corrected chi connectivity index (χ4v) is 4.06. The van der Waals surface area contributed by atoms with E-state index in [0.717, 1.165) is 19.3 Å². The van der Waals surface area contributed by atoms with Crippen molar-refractivity contribution in [3.63, 3.8) is 0 Å². The monoisotopic (exact) mass is 260 g/mol. The number of ether oxygens (including phenoxy) is 1. The van der Waals surface area contributed by atoms with E-state index in [1.165, 1.54) is 6.26 Å². The Labute approximate surface area is 103 Å². The molecule has 5 heteroatoms. The molecule has 1 saturated carbocycles. The highest BCUT2D eigenvalue weighted by atomic mass is 32.2. The molecule has 0 spiro atoms. The third kappa shape index (κ3) is 3.07. The van der Waals surface area contributed by atoms with Gasteiger partial charge in [-0.2, -0.15) is 0 Å². The molecule has 4 nitrogen and oxygen atoms in total. The Morgan fingerprint density at radius 1 is 1.18 bits per heavy atom. The van der Waals surface area contributed by atoms with Crippen LogP contribution in [0, 0.1) is 11.8 Å². The number of rotatable bonds is 3. The number of ketones is 1. The number of carbonyl (C=O) groups excluding carboxylic acids is 1. The summed E-state index contributed by atoms with van der Waals surface area (Å²) in [7, 11) is -3.00. The third-order valence-corrected chi connectivity index (χ3v) is 5.61. The maximum absolute atomic E-state index is 12.2. The fourth-order valence-electron chi connectivity index (χ4n) is 2.88. The molecule has 1 saturated heterocycles. The van der Waals surface area contributed by atoms with Gasteiger partial charge in [0.15, 0.2) is 0 Å². The Bertz CT molecular complexity index is 381. The van der Waals surface area contributed by atoms with Crippen LogP contribution in [0.5, 0.6) is 0 Å². The Hall–Kier alpha value is -0.420. The lowest BCUT2D eigenvalue weighted by Gasteiger charge is -2.28. The molecule has 1 aliphatic carbocycles.